The van der Waals surface area contributed by atoms with Gasteiger partial charge in [-0.3, -0.25) is 0 Å². The fraction of sp³-hybridized carbons (Fsp3) is 0.300. The quantitative estimate of drug-likeness (QED) is 0.764. The first-order chi connectivity index (χ1) is 9.68. The minimum Gasteiger partial charge on any atom is -0.339 e. The second-order valence-electron chi connectivity index (χ2n) is 4.18. The molecule has 0 atom stereocenters. The van der Waals surface area contributed by atoms with Crippen LogP contribution in [0.1, 0.15) is 4.88 Å². The van der Waals surface area contributed by atoms with Crippen molar-refractivity contribution in [2.45, 2.75) is 15.7 Å². The second-order valence-corrected chi connectivity index (χ2v) is 9.86. The van der Waals surface area contributed by atoms with Gasteiger partial charge in [0.1, 0.15) is 4.21 Å². The Bertz CT molecular complexity index is 839. The monoisotopic (exact) mass is 369 g/mol. The van der Waals surface area contributed by atoms with E-state index in [0.717, 1.165) is 16.2 Å². The van der Waals surface area contributed by atoms with Crippen molar-refractivity contribution >= 4 is 41.1 Å². The van der Waals surface area contributed by atoms with Gasteiger partial charge >= 0.3 is 0 Å². The molecule has 0 unspecified atom stereocenters. The minimum atomic E-state index is -3.74. The van der Waals surface area contributed by atoms with Gasteiger partial charge in [0.05, 0.1) is 6.33 Å². The average molecular weight is 370 g/mol. The van der Waals surface area contributed by atoms with E-state index < -0.39 is 19.1 Å². The number of sulfonamides is 1. The summed E-state index contributed by atoms with van der Waals surface area (Å²) in [6, 6.07) is 3.00. The molecule has 11 heteroatoms. The van der Waals surface area contributed by atoms with Gasteiger partial charge in [-0.05, 0) is 18.6 Å². The van der Waals surface area contributed by atoms with Crippen molar-refractivity contribution in [1.82, 2.24) is 14.3 Å². The van der Waals surface area contributed by atoms with Crippen LogP contribution < -0.4 is 4.72 Å². The molecule has 2 rings (SSSR count). The third-order valence-corrected chi connectivity index (χ3v) is 7.08. The second kappa shape index (κ2) is 6.05. The molecular formula is C10H12ClN3O4S3. The normalized spacial score (nSPS) is 12.7. The molecule has 0 aliphatic rings. The summed E-state index contributed by atoms with van der Waals surface area (Å²) in [6.45, 7) is 0.140. The van der Waals surface area contributed by atoms with Gasteiger partial charge in [-0.1, -0.05) is 0 Å². The van der Waals surface area contributed by atoms with E-state index in [0.29, 0.717) is 6.42 Å². The Morgan fingerprint density at radius 2 is 2.05 bits per heavy atom. The minimum absolute atomic E-state index is 0.0479. The fourth-order valence-corrected chi connectivity index (χ4v) is 4.67. The third kappa shape index (κ3) is 4.27. The number of aryl methyl sites for hydroxylation is 1. The number of hydrogen-bond donors (Lipinski definition) is 1. The van der Waals surface area contributed by atoms with E-state index >= 15 is 0 Å². The van der Waals surface area contributed by atoms with Crippen LogP contribution in [0.25, 0.3) is 0 Å². The number of hydrogen-bond acceptors (Lipinski definition) is 6. The van der Waals surface area contributed by atoms with Gasteiger partial charge in [0.2, 0.25) is 0 Å². The van der Waals surface area contributed by atoms with Gasteiger partial charge in [0, 0.05) is 35.3 Å². The predicted octanol–water partition coefficient (Wildman–Crippen LogP) is 0.930. The molecule has 0 aliphatic carbocycles. The lowest BCUT2D eigenvalue weighted by Crippen LogP contribution is -2.26. The maximum atomic E-state index is 11.9. The van der Waals surface area contributed by atoms with Crippen LogP contribution in [-0.2, 0) is 32.5 Å². The van der Waals surface area contributed by atoms with Crippen molar-refractivity contribution in [1.29, 1.82) is 0 Å². The zero-order valence-electron chi connectivity index (χ0n) is 10.9. The van der Waals surface area contributed by atoms with Gasteiger partial charge < -0.3 is 4.57 Å². The highest BCUT2D eigenvalue weighted by atomic mass is 35.7. The van der Waals surface area contributed by atoms with Gasteiger partial charge in [0.15, 0.2) is 5.03 Å². The van der Waals surface area contributed by atoms with E-state index in [1.807, 2.05) is 0 Å². The van der Waals surface area contributed by atoms with Crippen LogP contribution in [0.2, 0.25) is 0 Å². The van der Waals surface area contributed by atoms with Crippen LogP contribution in [0.4, 0.5) is 0 Å². The molecule has 0 saturated carbocycles. The molecular weight excluding hydrogens is 358 g/mol. The number of nitrogens with zero attached hydrogens (tertiary/aromatic N) is 2. The maximum Gasteiger partial charge on any atom is 0.270 e. The van der Waals surface area contributed by atoms with Crippen LogP contribution in [0.3, 0.4) is 0 Å². The Balaban J connectivity index is 1.97. The maximum absolute atomic E-state index is 11.9. The number of imidazole rings is 1. The number of aromatic nitrogens is 2. The van der Waals surface area contributed by atoms with Gasteiger partial charge in [-0.2, -0.15) is 0 Å². The summed E-state index contributed by atoms with van der Waals surface area (Å²) in [7, 11) is -0.495. The van der Waals surface area contributed by atoms with Crippen LogP contribution in [0, 0.1) is 0 Å². The van der Waals surface area contributed by atoms with Crippen LogP contribution >= 0.6 is 22.0 Å². The van der Waals surface area contributed by atoms with Crippen LogP contribution in [0.15, 0.2) is 33.9 Å². The van der Waals surface area contributed by atoms with Gasteiger partial charge in [0.25, 0.3) is 19.1 Å². The standard InChI is InChI=1S/C10H12ClN3O4S3/c1-14-6-9(12-7-14)21(17,18)13-5-4-8-2-3-10(19-8)20(11,15)16/h2-3,6-7,13H,4-5H2,1H3. The largest absolute Gasteiger partial charge is 0.339 e. The number of rotatable bonds is 6. The summed E-state index contributed by atoms with van der Waals surface area (Å²) in [4.78, 5) is 4.49. The number of halogens is 1. The highest BCUT2D eigenvalue weighted by molar-refractivity contribution is 8.15. The van der Waals surface area contributed by atoms with Gasteiger partial charge in [-0.25, -0.2) is 26.5 Å². The first kappa shape index (κ1) is 16.4. The van der Waals surface area contributed by atoms with E-state index in [9.17, 15) is 16.8 Å². The van der Waals surface area contributed by atoms with Crippen LogP contribution in [-0.4, -0.2) is 32.9 Å². The Hall–Kier alpha value is -0.940. The average Bonchev–Trinajstić information content (AvgIpc) is 2.97. The Kier molecular flexibility index (Phi) is 4.73. The molecule has 21 heavy (non-hydrogen) atoms. The smallest absolute Gasteiger partial charge is 0.270 e. The molecule has 0 spiro atoms. The molecule has 0 bridgehead atoms. The topological polar surface area (TPSA) is 98.1 Å². The first-order valence-electron chi connectivity index (χ1n) is 5.69. The summed E-state index contributed by atoms with van der Waals surface area (Å²) < 4.78 is 50.0. The lowest BCUT2D eigenvalue weighted by atomic mass is 10.3. The molecule has 0 aliphatic heterocycles. The zero-order chi connectivity index (χ0) is 15.7. The zero-order valence-corrected chi connectivity index (χ0v) is 14.1. The van der Waals surface area contributed by atoms with Crippen molar-refractivity contribution in [3.63, 3.8) is 0 Å². The lowest BCUT2D eigenvalue weighted by Gasteiger charge is -2.02. The van der Waals surface area contributed by atoms with Crippen molar-refractivity contribution < 1.29 is 16.8 Å². The predicted molar refractivity (Wildman–Crippen MR) is 79.5 cm³/mol. The summed E-state index contributed by atoms with van der Waals surface area (Å²) in [5.74, 6) is 0. The van der Waals surface area contributed by atoms with E-state index in [1.165, 1.54) is 23.2 Å². The molecule has 0 amide bonds. The molecule has 0 aromatic carbocycles. The van der Waals surface area contributed by atoms with Crippen LogP contribution in [0.5, 0.6) is 0 Å². The van der Waals surface area contributed by atoms with E-state index in [1.54, 1.807) is 13.1 Å². The van der Waals surface area contributed by atoms with Crippen molar-refractivity contribution in [2.75, 3.05) is 6.54 Å². The molecule has 0 saturated heterocycles. The van der Waals surface area contributed by atoms with Crippen molar-refractivity contribution in [2.24, 2.45) is 7.05 Å². The molecule has 116 valence electrons. The lowest BCUT2D eigenvalue weighted by molar-refractivity contribution is 0.578. The first-order valence-corrected chi connectivity index (χ1v) is 10.3. The van der Waals surface area contributed by atoms with Crippen molar-refractivity contribution in [3.05, 3.63) is 29.5 Å². The SMILES string of the molecule is Cn1cnc(S(=O)(=O)NCCc2ccc(S(=O)(=O)Cl)s2)c1. The Labute approximate surface area is 131 Å². The molecule has 1 N–H and O–H groups in total. The van der Waals surface area contributed by atoms with E-state index in [2.05, 4.69) is 9.71 Å². The molecule has 2 heterocycles. The molecule has 2 aromatic heterocycles. The number of nitrogens with one attached hydrogen (secondary N) is 1. The Morgan fingerprint density at radius 3 is 2.57 bits per heavy atom. The molecule has 0 fully saturated rings. The highest BCUT2D eigenvalue weighted by Gasteiger charge is 2.17. The summed E-state index contributed by atoms with van der Waals surface area (Å²) in [5, 5.41) is -0.0554. The highest BCUT2D eigenvalue weighted by Crippen LogP contribution is 2.24. The fourth-order valence-electron chi connectivity index (χ4n) is 1.53. The summed E-state index contributed by atoms with van der Waals surface area (Å²) >= 11 is 1.02. The molecule has 2 aromatic rings. The summed E-state index contributed by atoms with van der Waals surface area (Å²) in [6.07, 6.45) is 3.15. The number of thiophene rings is 1. The van der Waals surface area contributed by atoms with E-state index in [-0.39, 0.29) is 15.8 Å². The molecule has 0 radical (unpaired) electrons. The Morgan fingerprint density at radius 1 is 1.33 bits per heavy atom. The van der Waals surface area contributed by atoms with Crippen molar-refractivity contribution in [3.8, 4) is 0 Å². The third-order valence-electron chi connectivity index (χ3n) is 2.50. The molecule has 7 nitrogen and oxygen atoms in total. The summed E-state index contributed by atoms with van der Waals surface area (Å²) in [5.41, 5.74) is 0. The van der Waals surface area contributed by atoms with Gasteiger partial charge in [-0.15, -0.1) is 11.3 Å². The van der Waals surface area contributed by atoms with E-state index in [4.69, 9.17) is 10.7 Å².